The van der Waals surface area contributed by atoms with Crippen LogP contribution in [0.3, 0.4) is 0 Å². The van der Waals surface area contributed by atoms with Crippen molar-refractivity contribution in [3.05, 3.63) is 107 Å². The largest absolute Gasteiger partial charge is 0.455 e. The molecule has 0 saturated carbocycles. The molecule has 7 rings (SSSR count). The summed E-state index contributed by atoms with van der Waals surface area (Å²) >= 11 is 3.37. The highest BCUT2D eigenvalue weighted by Crippen LogP contribution is 2.47. The molecule has 0 saturated heterocycles. The van der Waals surface area contributed by atoms with Crippen molar-refractivity contribution in [1.82, 2.24) is 0 Å². The van der Waals surface area contributed by atoms with Gasteiger partial charge in [-0.05, 0) is 55.8 Å². The van der Waals surface area contributed by atoms with E-state index in [0.717, 1.165) is 54.3 Å². The van der Waals surface area contributed by atoms with Gasteiger partial charge in [0, 0.05) is 43.1 Å². The molecule has 0 spiro atoms. The second kappa shape index (κ2) is 9.39. The number of para-hydroxylation sites is 1. The van der Waals surface area contributed by atoms with Crippen LogP contribution in [0.5, 0.6) is 0 Å². The Morgan fingerprint density at radius 1 is 0.775 bits per heavy atom. The first kappa shape index (κ1) is 24.2. The molecule has 7 aromatic rings. The van der Waals surface area contributed by atoms with Crippen LogP contribution in [0.4, 0.5) is 17.1 Å². The van der Waals surface area contributed by atoms with E-state index in [1.807, 2.05) is 36.5 Å². The Labute approximate surface area is 238 Å². The van der Waals surface area contributed by atoms with Crippen molar-refractivity contribution in [2.45, 2.75) is 13.8 Å². The van der Waals surface area contributed by atoms with Gasteiger partial charge in [0.05, 0.1) is 20.8 Å². The number of allylic oxidation sites excluding steroid dienone is 1. The van der Waals surface area contributed by atoms with Gasteiger partial charge in [-0.3, -0.25) is 0 Å². The Hall–Kier alpha value is -4.88. The lowest BCUT2D eigenvalue weighted by atomic mass is 10.1. The van der Waals surface area contributed by atoms with E-state index in [-0.39, 0.29) is 5.57 Å². The number of nitriles is 2. The second-order valence-corrected chi connectivity index (χ2v) is 11.8. The summed E-state index contributed by atoms with van der Waals surface area (Å²) < 4.78 is 10.00. The van der Waals surface area contributed by atoms with Gasteiger partial charge in [-0.1, -0.05) is 48.5 Å². The minimum atomic E-state index is 0.0868. The fourth-order valence-corrected chi connectivity index (χ4v) is 7.76. The molecule has 0 N–H and O–H groups in total. The number of rotatable bonds is 4. The summed E-state index contributed by atoms with van der Waals surface area (Å²) in [6.07, 6.45) is 1.64. The molecule has 190 valence electrons. The number of thiophene rings is 2. The van der Waals surface area contributed by atoms with Gasteiger partial charge < -0.3 is 9.32 Å². The minimum absolute atomic E-state index is 0.0868. The summed E-state index contributed by atoms with van der Waals surface area (Å²) in [5.74, 6) is 0. The van der Waals surface area contributed by atoms with Crippen LogP contribution in [0, 0.1) is 36.5 Å². The van der Waals surface area contributed by atoms with Gasteiger partial charge in [-0.15, -0.1) is 22.7 Å². The second-order valence-electron chi connectivity index (χ2n) is 9.69. The Balaban J connectivity index is 1.47. The molecule has 4 nitrogen and oxygen atoms in total. The highest BCUT2D eigenvalue weighted by molar-refractivity contribution is 7.26. The maximum absolute atomic E-state index is 9.23. The Kier molecular flexibility index (Phi) is 5.68. The minimum Gasteiger partial charge on any atom is -0.455 e. The van der Waals surface area contributed by atoms with Crippen molar-refractivity contribution >= 4 is 87.2 Å². The number of benzene rings is 4. The number of hydrogen-bond acceptors (Lipinski definition) is 6. The van der Waals surface area contributed by atoms with E-state index in [2.05, 4.69) is 90.7 Å². The Bertz CT molecular complexity index is 2200. The van der Waals surface area contributed by atoms with Gasteiger partial charge in [0.1, 0.15) is 28.9 Å². The number of anilines is 3. The van der Waals surface area contributed by atoms with Crippen LogP contribution >= 0.6 is 22.7 Å². The van der Waals surface area contributed by atoms with Crippen LogP contribution in [0.15, 0.2) is 94.9 Å². The topological polar surface area (TPSA) is 64.0 Å². The number of furan rings is 1. The number of nitrogens with zero attached hydrogens (tertiary/aromatic N) is 3. The highest BCUT2D eigenvalue weighted by atomic mass is 32.1. The molecule has 4 aromatic carbocycles. The molecule has 0 bridgehead atoms. The fraction of sp³-hybridized carbons (Fsp3) is 0.0588. The summed E-state index contributed by atoms with van der Waals surface area (Å²) in [4.78, 5) is 3.20. The third-order valence-corrected chi connectivity index (χ3v) is 9.74. The van der Waals surface area contributed by atoms with Crippen molar-refractivity contribution in [2.24, 2.45) is 0 Å². The standard InChI is InChI=1S/C34H21N3OS2/c1-20-15-26-29(38-32-21(2)31(40-34(26)32)16-22(18-35)19-36)17-28(20)37(23-9-4-3-5-10-23)27-13-8-12-25-24-11-6-7-14-30(24)39-33(25)27/h3-17H,1-2H3. The van der Waals surface area contributed by atoms with Crippen molar-refractivity contribution in [3.8, 4) is 12.1 Å². The lowest BCUT2D eigenvalue weighted by molar-refractivity contribution is 0.666. The number of aryl methyl sites for hydroxylation is 2. The first-order chi connectivity index (χ1) is 19.6. The zero-order valence-electron chi connectivity index (χ0n) is 21.7. The lowest BCUT2D eigenvalue weighted by Gasteiger charge is -2.27. The molecule has 0 fully saturated rings. The van der Waals surface area contributed by atoms with Crippen molar-refractivity contribution in [3.63, 3.8) is 0 Å². The predicted molar refractivity (Wildman–Crippen MR) is 168 cm³/mol. The molecular formula is C34H21N3OS2. The van der Waals surface area contributed by atoms with E-state index >= 15 is 0 Å². The highest BCUT2D eigenvalue weighted by Gasteiger charge is 2.22. The summed E-state index contributed by atoms with van der Waals surface area (Å²) in [5.41, 5.74) is 7.02. The summed E-state index contributed by atoms with van der Waals surface area (Å²) in [7, 11) is 0. The van der Waals surface area contributed by atoms with Gasteiger partial charge in [-0.2, -0.15) is 10.5 Å². The van der Waals surface area contributed by atoms with Gasteiger partial charge in [0.2, 0.25) is 0 Å². The molecule has 0 atom stereocenters. The molecular weight excluding hydrogens is 531 g/mol. The first-order valence-electron chi connectivity index (χ1n) is 12.8. The van der Waals surface area contributed by atoms with Gasteiger partial charge in [-0.25, -0.2) is 0 Å². The maximum Gasteiger partial charge on any atom is 0.149 e. The summed E-state index contributed by atoms with van der Waals surface area (Å²) in [5, 5.41) is 22.0. The molecule has 6 heteroatoms. The van der Waals surface area contributed by atoms with Crippen LogP contribution in [0.25, 0.3) is 47.5 Å². The average Bonchev–Trinajstić information content (AvgIpc) is 3.63. The third-order valence-electron chi connectivity index (χ3n) is 7.28. The number of hydrogen-bond donors (Lipinski definition) is 0. The molecule has 0 radical (unpaired) electrons. The molecule has 0 aliphatic heterocycles. The van der Waals surface area contributed by atoms with E-state index in [1.165, 1.54) is 20.2 Å². The molecule has 0 unspecified atom stereocenters. The summed E-state index contributed by atoms with van der Waals surface area (Å²) in [6.45, 7) is 4.12. The summed E-state index contributed by atoms with van der Waals surface area (Å²) in [6, 6.07) is 33.8. The van der Waals surface area contributed by atoms with Crippen molar-refractivity contribution < 1.29 is 4.42 Å². The van der Waals surface area contributed by atoms with Gasteiger partial charge >= 0.3 is 0 Å². The quantitative estimate of drug-likeness (QED) is 0.204. The SMILES string of the molecule is Cc1cc2c(cc1N(c1ccccc1)c1cccc3c1sc1ccccc13)oc1c(C)c(C=C(C#N)C#N)sc12. The monoisotopic (exact) mass is 551 g/mol. The van der Waals surface area contributed by atoms with Crippen molar-refractivity contribution in [1.29, 1.82) is 10.5 Å². The molecule has 40 heavy (non-hydrogen) atoms. The van der Waals surface area contributed by atoms with E-state index < -0.39 is 0 Å². The smallest absolute Gasteiger partial charge is 0.149 e. The molecule has 0 amide bonds. The molecule has 0 aliphatic carbocycles. The Morgan fingerprint density at radius 3 is 2.33 bits per heavy atom. The van der Waals surface area contributed by atoms with Crippen LogP contribution in [0.2, 0.25) is 0 Å². The van der Waals surface area contributed by atoms with Gasteiger partial charge in [0.15, 0.2) is 0 Å². The van der Waals surface area contributed by atoms with E-state index in [4.69, 9.17) is 4.42 Å². The first-order valence-corrected chi connectivity index (χ1v) is 14.4. The molecule has 3 aromatic heterocycles. The number of fused-ring (bicyclic) bond motifs is 6. The van der Waals surface area contributed by atoms with Crippen LogP contribution < -0.4 is 4.90 Å². The zero-order chi connectivity index (χ0) is 27.4. The predicted octanol–water partition coefficient (Wildman–Crippen LogP) is 10.5. The van der Waals surface area contributed by atoms with E-state index in [0.29, 0.717) is 0 Å². The van der Waals surface area contributed by atoms with Crippen LogP contribution in [-0.4, -0.2) is 0 Å². The van der Waals surface area contributed by atoms with E-state index in [1.54, 1.807) is 17.4 Å². The third kappa shape index (κ3) is 3.70. The van der Waals surface area contributed by atoms with Crippen LogP contribution in [0.1, 0.15) is 16.0 Å². The zero-order valence-corrected chi connectivity index (χ0v) is 23.4. The fourth-order valence-electron chi connectivity index (χ4n) is 5.36. The maximum atomic E-state index is 9.23. The van der Waals surface area contributed by atoms with Gasteiger partial charge in [0.25, 0.3) is 0 Å². The van der Waals surface area contributed by atoms with Crippen LogP contribution in [-0.2, 0) is 0 Å². The Morgan fingerprint density at radius 2 is 1.52 bits per heavy atom. The van der Waals surface area contributed by atoms with E-state index in [9.17, 15) is 10.5 Å². The normalized spacial score (nSPS) is 11.2. The molecule has 0 aliphatic rings. The lowest BCUT2D eigenvalue weighted by Crippen LogP contribution is -2.11. The average molecular weight is 552 g/mol. The van der Waals surface area contributed by atoms with Crippen molar-refractivity contribution in [2.75, 3.05) is 4.90 Å². The molecule has 3 heterocycles.